The van der Waals surface area contributed by atoms with E-state index < -0.39 is 152 Å². The molecule has 12 atom stereocenters. The Kier molecular flexibility index (Phi) is 23.9. The van der Waals surface area contributed by atoms with Gasteiger partial charge in [0.25, 0.3) is 0 Å². The molecule has 1 saturated heterocycles. The number of Topliss-reactive ketones (excluding diaryl/α,β-unsaturated/α-hetero) is 3. The summed E-state index contributed by atoms with van der Waals surface area (Å²) < 4.78 is 4.86. The third-order valence-electron chi connectivity index (χ3n) is 10.3. The highest BCUT2D eigenvalue weighted by Crippen LogP contribution is 2.26. The Morgan fingerprint density at radius 1 is 0.700 bits per heavy atom. The molecule has 1 aliphatic heterocycles. The van der Waals surface area contributed by atoms with Crippen LogP contribution < -0.4 is 16.0 Å². The number of aliphatic hydroxyl groups is 6. The molecule has 1 aliphatic rings. The number of carbonyl (C=O) groups excluding carboxylic acids is 9. The number of hydrogen-bond donors (Lipinski definition) is 9. The molecule has 342 valence electrons. The summed E-state index contributed by atoms with van der Waals surface area (Å²) in [4.78, 5) is 118. The number of esters is 1. The van der Waals surface area contributed by atoms with Crippen molar-refractivity contribution >= 4 is 63.8 Å². The summed E-state index contributed by atoms with van der Waals surface area (Å²) >= 11 is 0.906. The molecule has 9 N–H and O–H groups in total. The van der Waals surface area contributed by atoms with Gasteiger partial charge in [-0.1, -0.05) is 25.6 Å². The van der Waals surface area contributed by atoms with E-state index in [0.717, 1.165) is 18.7 Å². The van der Waals surface area contributed by atoms with Gasteiger partial charge in [0.2, 0.25) is 28.7 Å². The van der Waals surface area contributed by atoms with Gasteiger partial charge < -0.3 is 56.2 Å². The van der Waals surface area contributed by atoms with Gasteiger partial charge in [0.1, 0.15) is 24.2 Å². The predicted molar refractivity (Wildman–Crippen MR) is 214 cm³/mol. The van der Waals surface area contributed by atoms with E-state index in [-0.39, 0.29) is 30.4 Å². The Labute approximate surface area is 353 Å². The normalized spacial score (nSPS) is 19.5. The van der Waals surface area contributed by atoms with Crippen LogP contribution in [0.1, 0.15) is 87.0 Å². The standard InChI is InChI=1S/C39H64N4O16S/c1-8-59-32(53)11-13-60-39(58)28-10-9-12-43(28)38(57)19(2)14-29(50)27(18-45)40-37(56)26(22(5)47)16-31(52)34(24(7)49)42-36(55)25(17-44)15-30(51)33(23(6)48)41-35(54)20(3)21(4)46/h19-28,33-34,44-49H,8-18H2,1-7H3,(H,40,56)(H,41,54)(H,42,55)/t19-,20+,21?,22?,23?,24?,25+,26+,27+,28+,33+,34+/m1/s1. The number of carbonyl (C=O) groups is 9. The quantitative estimate of drug-likeness (QED) is 0.0386. The van der Waals surface area contributed by atoms with Gasteiger partial charge in [-0.25, -0.2) is 0 Å². The van der Waals surface area contributed by atoms with Gasteiger partial charge in [0, 0.05) is 37.5 Å². The summed E-state index contributed by atoms with van der Waals surface area (Å²) in [7, 11) is 0. The van der Waals surface area contributed by atoms with E-state index >= 15 is 0 Å². The minimum Gasteiger partial charge on any atom is -0.466 e. The monoisotopic (exact) mass is 876 g/mol. The molecule has 1 rings (SSSR count). The Hall–Kier alpha value is -3.86. The fraction of sp³-hybridized carbons (Fsp3) is 0.769. The molecule has 0 aromatic rings. The van der Waals surface area contributed by atoms with Gasteiger partial charge in [-0.2, -0.15) is 0 Å². The van der Waals surface area contributed by atoms with Crippen LogP contribution in [0.2, 0.25) is 0 Å². The van der Waals surface area contributed by atoms with Gasteiger partial charge in [-0.15, -0.1) is 0 Å². The van der Waals surface area contributed by atoms with E-state index in [1.54, 1.807) is 6.92 Å². The molecule has 0 aliphatic carbocycles. The molecule has 4 unspecified atom stereocenters. The first-order valence-corrected chi connectivity index (χ1v) is 21.1. The zero-order chi connectivity index (χ0) is 46.0. The molecular weight excluding hydrogens is 813 g/mol. The zero-order valence-corrected chi connectivity index (χ0v) is 36.1. The maximum absolute atomic E-state index is 13.4. The molecular formula is C39H64N4O16S. The smallest absolute Gasteiger partial charge is 0.306 e. The number of hydrogen-bond acceptors (Lipinski definition) is 17. The summed E-state index contributed by atoms with van der Waals surface area (Å²) in [5.74, 6) is -11.3. The van der Waals surface area contributed by atoms with Gasteiger partial charge in [-0.05, 0) is 47.5 Å². The largest absolute Gasteiger partial charge is 0.466 e. The predicted octanol–water partition coefficient (Wildman–Crippen LogP) is -2.47. The second-order valence-electron chi connectivity index (χ2n) is 15.3. The molecule has 0 saturated carbocycles. The van der Waals surface area contributed by atoms with E-state index in [0.29, 0.717) is 12.8 Å². The van der Waals surface area contributed by atoms with Crippen LogP contribution >= 0.6 is 11.8 Å². The molecule has 0 spiro atoms. The lowest BCUT2D eigenvalue weighted by atomic mass is 9.90. The van der Waals surface area contributed by atoms with Crippen molar-refractivity contribution in [1.82, 2.24) is 20.9 Å². The van der Waals surface area contributed by atoms with Gasteiger partial charge in [0.05, 0.1) is 68.4 Å². The summed E-state index contributed by atoms with van der Waals surface area (Å²) in [5.41, 5.74) is 0. The number of amides is 4. The molecule has 4 amide bonds. The number of ketones is 3. The molecule has 0 bridgehead atoms. The SMILES string of the molecule is CCOC(=O)CCSC(=O)[C@@H]1CCCN1C(=O)[C@H](C)CC(=O)[C@H](CO)NC(=O)[C@@H](CC(=O)[C@@H](NC(=O)[C@H](CO)CC(=O)[C@@H](NC(=O)[C@@H](C)C(C)O)C(C)O)C(C)O)C(C)O. The average Bonchev–Trinajstić information content (AvgIpc) is 3.67. The highest BCUT2D eigenvalue weighted by atomic mass is 32.2. The summed E-state index contributed by atoms with van der Waals surface area (Å²) in [6, 6.07) is -5.58. The maximum atomic E-state index is 13.4. The lowest BCUT2D eigenvalue weighted by Crippen LogP contribution is -2.54. The van der Waals surface area contributed by atoms with Crippen LogP contribution in [-0.2, 0) is 47.9 Å². The molecule has 21 heteroatoms. The Balaban J connectivity index is 2.98. The average molecular weight is 877 g/mol. The van der Waals surface area contributed by atoms with Crippen LogP contribution in [0.4, 0.5) is 0 Å². The number of ether oxygens (including phenoxy) is 1. The Bertz CT molecular complexity index is 1510. The van der Waals surface area contributed by atoms with Crippen molar-refractivity contribution in [2.75, 3.05) is 32.1 Å². The second kappa shape index (κ2) is 26.5. The molecule has 1 fully saturated rings. The number of likely N-dealkylation sites (tertiary alicyclic amines) is 1. The summed E-state index contributed by atoms with van der Waals surface area (Å²) in [5, 5.41) is 67.2. The first kappa shape index (κ1) is 54.2. The van der Waals surface area contributed by atoms with Crippen molar-refractivity contribution in [2.45, 2.75) is 136 Å². The van der Waals surface area contributed by atoms with Crippen molar-refractivity contribution in [1.29, 1.82) is 0 Å². The van der Waals surface area contributed by atoms with Gasteiger partial charge in [-0.3, -0.25) is 43.2 Å². The van der Waals surface area contributed by atoms with Crippen LogP contribution in [0, 0.1) is 23.7 Å². The van der Waals surface area contributed by atoms with Crippen molar-refractivity contribution in [3.63, 3.8) is 0 Å². The molecule has 0 aromatic heterocycles. The fourth-order valence-corrected chi connectivity index (χ4v) is 7.22. The summed E-state index contributed by atoms with van der Waals surface area (Å²) in [6.07, 6.45) is -6.69. The Morgan fingerprint density at radius 2 is 1.27 bits per heavy atom. The number of nitrogens with one attached hydrogen (secondary N) is 3. The van der Waals surface area contributed by atoms with Crippen molar-refractivity contribution in [3.8, 4) is 0 Å². The zero-order valence-electron chi connectivity index (χ0n) is 35.3. The maximum Gasteiger partial charge on any atom is 0.306 e. The molecule has 60 heavy (non-hydrogen) atoms. The van der Waals surface area contributed by atoms with E-state index in [1.807, 2.05) is 0 Å². The third-order valence-corrected chi connectivity index (χ3v) is 11.2. The number of aliphatic hydroxyl groups excluding tert-OH is 6. The second-order valence-corrected chi connectivity index (χ2v) is 16.4. The molecule has 20 nitrogen and oxygen atoms in total. The Morgan fingerprint density at radius 3 is 1.77 bits per heavy atom. The van der Waals surface area contributed by atoms with E-state index in [2.05, 4.69) is 16.0 Å². The van der Waals surface area contributed by atoms with Crippen molar-refractivity contribution in [3.05, 3.63) is 0 Å². The van der Waals surface area contributed by atoms with Crippen molar-refractivity contribution < 1.29 is 78.5 Å². The van der Waals surface area contributed by atoms with E-state index in [1.165, 1.54) is 39.5 Å². The molecule has 1 heterocycles. The van der Waals surface area contributed by atoms with Crippen LogP contribution in [0.3, 0.4) is 0 Å². The highest BCUT2D eigenvalue weighted by Gasteiger charge is 2.39. The highest BCUT2D eigenvalue weighted by molar-refractivity contribution is 8.13. The van der Waals surface area contributed by atoms with Crippen molar-refractivity contribution in [2.24, 2.45) is 23.7 Å². The minimum absolute atomic E-state index is 0.0176. The lowest BCUT2D eigenvalue weighted by molar-refractivity contribution is -0.142. The van der Waals surface area contributed by atoms with Crippen LogP contribution in [0.25, 0.3) is 0 Å². The van der Waals surface area contributed by atoms with Crippen LogP contribution in [-0.4, -0.2) is 168 Å². The third kappa shape index (κ3) is 16.9. The fourth-order valence-electron chi connectivity index (χ4n) is 6.31. The number of thioether (sulfide) groups is 1. The topological polar surface area (TPSA) is 324 Å². The molecule has 0 aromatic carbocycles. The number of nitrogens with zero attached hydrogens (tertiary/aromatic N) is 1. The first-order chi connectivity index (χ1) is 28.0. The lowest BCUT2D eigenvalue weighted by Gasteiger charge is -2.28. The first-order valence-electron chi connectivity index (χ1n) is 20.1. The van der Waals surface area contributed by atoms with Gasteiger partial charge in [0.15, 0.2) is 17.3 Å². The summed E-state index contributed by atoms with van der Waals surface area (Å²) in [6.45, 7) is 7.98. The van der Waals surface area contributed by atoms with E-state index in [4.69, 9.17) is 4.74 Å². The number of rotatable bonds is 27. The van der Waals surface area contributed by atoms with Crippen LogP contribution in [0.5, 0.6) is 0 Å². The minimum atomic E-state index is -1.73. The molecule has 0 radical (unpaired) electrons. The van der Waals surface area contributed by atoms with E-state index in [9.17, 15) is 73.8 Å². The van der Waals surface area contributed by atoms with Crippen LogP contribution in [0.15, 0.2) is 0 Å². The van der Waals surface area contributed by atoms with Gasteiger partial charge >= 0.3 is 5.97 Å².